The molecule has 2 aromatic carbocycles. The lowest BCUT2D eigenvalue weighted by atomic mass is 10.2. The maximum absolute atomic E-state index is 13.3. The van der Waals surface area contributed by atoms with Crippen LogP contribution in [-0.2, 0) is 16.7 Å². The number of nitrogens with one attached hydrogen (secondary N) is 1. The fraction of sp³-hybridized carbons (Fsp3) is 0.278. The van der Waals surface area contributed by atoms with Gasteiger partial charge in [0.05, 0.1) is 6.26 Å². The van der Waals surface area contributed by atoms with E-state index in [1.165, 1.54) is 24.3 Å². The zero-order valence-electron chi connectivity index (χ0n) is 14.8. The van der Waals surface area contributed by atoms with Gasteiger partial charge in [-0.15, -0.1) is 0 Å². The van der Waals surface area contributed by atoms with Crippen LogP contribution in [0.15, 0.2) is 48.5 Å². The first-order valence-corrected chi connectivity index (χ1v) is 9.77. The zero-order valence-corrected chi connectivity index (χ0v) is 15.6. The normalized spacial score (nSPS) is 11.3. The van der Waals surface area contributed by atoms with Gasteiger partial charge < -0.3 is 14.4 Å². The van der Waals surface area contributed by atoms with Crippen molar-refractivity contribution in [1.29, 1.82) is 0 Å². The lowest BCUT2D eigenvalue weighted by Gasteiger charge is -2.27. The molecule has 8 heteroatoms. The second-order valence-electron chi connectivity index (χ2n) is 6.10. The van der Waals surface area contributed by atoms with E-state index < -0.39 is 15.9 Å². The van der Waals surface area contributed by atoms with Crippen molar-refractivity contribution in [3.05, 3.63) is 59.9 Å². The van der Waals surface area contributed by atoms with Crippen LogP contribution in [0.2, 0.25) is 0 Å². The molecule has 6 nitrogen and oxygen atoms in total. The van der Waals surface area contributed by atoms with Gasteiger partial charge in [0.25, 0.3) is 0 Å². The van der Waals surface area contributed by atoms with Crippen molar-refractivity contribution >= 4 is 21.8 Å². The minimum Gasteiger partial charge on any atom is -0.383 e. The van der Waals surface area contributed by atoms with E-state index in [-0.39, 0.29) is 24.4 Å². The Bertz CT molecular complexity index is 884. The zero-order chi connectivity index (χ0) is 19.3. The summed E-state index contributed by atoms with van der Waals surface area (Å²) >= 11 is 0. The number of hydrogen-bond acceptors (Lipinski definition) is 4. The lowest BCUT2D eigenvalue weighted by molar-refractivity contribution is 0.193. The molecule has 0 unspecified atom stereocenters. The summed E-state index contributed by atoms with van der Waals surface area (Å²) in [6.07, 6.45) is 0.965. The number of hydrogen-bond donors (Lipinski definition) is 1. The summed E-state index contributed by atoms with van der Waals surface area (Å²) in [5.74, 6) is -0.260. The van der Waals surface area contributed by atoms with Crippen LogP contribution in [0.3, 0.4) is 0 Å². The second kappa shape index (κ2) is 8.18. The molecule has 1 N–H and O–H groups in total. The topological polar surface area (TPSA) is 75.7 Å². The molecule has 26 heavy (non-hydrogen) atoms. The molecular weight excluding hydrogens is 359 g/mol. The molecule has 0 aromatic heterocycles. The Kier molecular flexibility index (Phi) is 6.20. The van der Waals surface area contributed by atoms with E-state index in [2.05, 4.69) is 5.32 Å². The number of rotatable bonds is 6. The largest absolute Gasteiger partial charge is 0.383 e. The van der Waals surface area contributed by atoms with Gasteiger partial charge in [0.1, 0.15) is 11.6 Å². The molecule has 0 atom stereocenters. The second-order valence-corrected chi connectivity index (χ2v) is 7.67. The van der Waals surface area contributed by atoms with E-state index in [0.717, 1.165) is 6.26 Å². The minimum atomic E-state index is -3.63. The van der Waals surface area contributed by atoms with Crippen molar-refractivity contribution in [2.45, 2.75) is 26.4 Å². The average Bonchev–Trinajstić information content (AvgIpc) is 2.51. The Balaban J connectivity index is 2.15. The monoisotopic (exact) mass is 380 g/mol. The van der Waals surface area contributed by atoms with E-state index >= 15 is 0 Å². The lowest BCUT2D eigenvalue weighted by Crippen LogP contribution is -2.39. The summed E-state index contributed by atoms with van der Waals surface area (Å²) < 4.78 is 40.6. The van der Waals surface area contributed by atoms with Gasteiger partial charge in [-0.05, 0) is 49.7 Å². The first kappa shape index (κ1) is 19.7. The van der Waals surface area contributed by atoms with Gasteiger partial charge in [0, 0.05) is 18.3 Å². The molecule has 2 rings (SSSR count). The molecule has 0 heterocycles. The smallest absolute Gasteiger partial charge is 0.322 e. The summed E-state index contributed by atoms with van der Waals surface area (Å²) in [5.41, 5.74) is 1.06. The third-order valence-electron chi connectivity index (χ3n) is 3.46. The van der Waals surface area contributed by atoms with Gasteiger partial charge in [0.2, 0.25) is 0 Å². The Labute approximate surface area is 152 Å². The van der Waals surface area contributed by atoms with E-state index in [9.17, 15) is 17.6 Å². The molecule has 140 valence electrons. The fourth-order valence-corrected chi connectivity index (χ4v) is 2.77. The van der Waals surface area contributed by atoms with Gasteiger partial charge in [-0.1, -0.05) is 18.2 Å². The number of carbonyl (C=O) groups excluding carboxylic acids is 1. The summed E-state index contributed by atoms with van der Waals surface area (Å²) in [6.45, 7) is 3.93. The Hall–Kier alpha value is -2.61. The fourth-order valence-electron chi connectivity index (χ4n) is 2.32. The Morgan fingerprint density at radius 2 is 1.88 bits per heavy atom. The van der Waals surface area contributed by atoms with Gasteiger partial charge in [-0.3, -0.25) is 0 Å². The van der Waals surface area contributed by atoms with Crippen molar-refractivity contribution in [1.82, 2.24) is 4.90 Å². The molecular formula is C18H21FN2O4S. The van der Waals surface area contributed by atoms with Crippen LogP contribution in [0, 0.1) is 5.82 Å². The van der Waals surface area contributed by atoms with Crippen molar-refractivity contribution in [3.8, 4) is 5.75 Å². The third kappa shape index (κ3) is 6.03. The van der Waals surface area contributed by atoms with Crippen LogP contribution >= 0.6 is 0 Å². The summed E-state index contributed by atoms with van der Waals surface area (Å²) in [4.78, 5) is 14.1. The van der Waals surface area contributed by atoms with Crippen LogP contribution < -0.4 is 9.50 Å². The van der Waals surface area contributed by atoms with Gasteiger partial charge >= 0.3 is 16.1 Å². The van der Waals surface area contributed by atoms with Crippen LogP contribution in [-0.4, -0.2) is 31.6 Å². The maximum atomic E-state index is 13.3. The first-order chi connectivity index (χ1) is 12.1. The summed E-state index contributed by atoms with van der Waals surface area (Å²) in [5, 5.41) is 2.66. The Morgan fingerprint density at radius 1 is 1.19 bits per heavy atom. The van der Waals surface area contributed by atoms with Gasteiger partial charge in [0.15, 0.2) is 0 Å². The molecule has 0 fully saturated rings. The van der Waals surface area contributed by atoms with Crippen molar-refractivity contribution in [2.24, 2.45) is 0 Å². The van der Waals surface area contributed by atoms with E-state index in [1.54, 1.807) is 29.2 Å². The number of urea groups is 1. The van der Waals surface area contributed by atoms with Gasteiger partial charge in [-0.2, -0.15) is 8.42 Å². The number of nitrogens with zero attached hydrogens (tertiary/aromatic N) is 1. The minimum absolute atomic E-state index is 0.136. The highest BCUT2D eigenvalue weighted by Gasteiger charge is 2.18. The molecule has 0 aliphatic carbocycles. The standard InChI is InChI=1S/C18H21FN2O4S/c1-13(2)21(18(22)20-16-8-5-7-15(19)11-16)12-14-6-4-9-17(10-14)25-26(3,23)24/h4-11,13H,12H2,1-3H3,(H,20,22). The predicted octanol–water partition coefficient (Wildman–Crippen LogP) is 3.61. The predicted molar refractivity (Wildman–Crippen MR) is 98.0 cm³/mol. The highest BCUT2D eigenvalue weighted by atomic mass is 32.2. The number of anilines is 1. The van der Waals surface area contributed by atoms with Crippen molar-refractivity contribution in [2.75, 3.05) is 11.6 Å². The molecule has 2 aromatic rings. The van der Waals surface area contributed by atoms with E-state index in [0.29, 0.717) is 11.3 Å². The average molecular weight is 380 g/mol. The van der Waals surface area contributed by atoms with Crippen LogP contribution in [0.25, 0.3) is 0 Å². The van der Waals surface area contributed by atoms with Crippen LogP contribution in [0.4, 0.5) is 14.9 Å². The molecule has 0 bridgehead atoms. The first-order valence-electron chi connectivity index (χ1n) is 7.95. The molecule has 0 saturated carbocycles. The van der Waals surface area contributed by atoms with Crippen LogP contribution in [0.5, 0.6) is 5.75 Å². The summed E-state index contributed by atoms with van der Waals surface area (Å²) in [6, 6.07) is 11.6. The van der Waals surface area contributed by atoms with E-state index in [1.807, 2.05) is 13.8 Å². The molecule has 0 spiro atoms. The third-order valence-corrected chi connectivity index (χ3v) is 3.95. The number of carbonyl (C=O) groups is 1. The SMILES string of the molecule is CC(C)N(Cc1cccc(OS(C)(=O)=O)c1)C(=O)Nc1cccc(F)c1. The molecule has 0 aliphatic rings. The Morgan fingerprint density at radius 3 is 2.50 bits per heavy atom. The molecule has 0 saturated heterocycles. The van der Waals surface area contributed by atoms with Crippen molar-refractivity contribution < 1.29 is 21.8 Å². The summed E-state index contributed by atoms with van der Waals surface area (Å²) in [7, 11) is -3.63. The molecule has 0 radical (unpaired) electrons. The maximum Gasteiger partial charge on any atom is 0.322 e. The highest BCUT2D eigenvalue weighted by molar-refractivity contribution is 7.86. The number of halogens is 1. The van der Waals surface area contributed by atoms with Crippen LogP contribution in [0.1, 0.15) is 19.4 Å². The number of amides is 2. The van der Waals surface area contributed by atoms with E-state index in [4.69, 9.17) is 4.18 Å². The quantitative estimate of drug-likeness (QED) is 0.777. The van der Waals surface area contributed by atoms with Gasteiger partial charge in [-0.25, -0.2) is 9.18 Å². The molecule has 0 aliphatic heterocycles. The highest BCUT2D eigenvalue weighted by Crippen LogP contribution is 2.18. The number of benzene rings is 2. The van der Waals surface area contributed by atoms with Crippen molar-refractivity contribution in [3.63, 3.8) is 0 Å². The molecule has 2 amide bonds.